The zero-order valence-electron chi connectivity index (χ0n) is 11.2. The van der Waals surface area contributed by atoms with E-state index in [1.54, 1.807) is 6.07 Å². The second-order valence-electron chi connectivity index (χ2n) is 5.60. The summed E-state index contributed by atoms with van der Waals surface area (Å²) in [5.41, 5.74) is 8.25. The lowest BCUT2D eigenvalue weighted by Crippen LogP contribution is -2.38. The maximum atomic E-state index is 11.2. The van der Waals surface area contributed by atoms with E-state index in [-0.39, 0.29) is 11.1 Å². The molecule has 4 nitrogen and oxygen atoms in total. The minimum Gasteiger partial charge on any atom is -0.478 e. The normalized spacial score (nSPS) is 18.1. The highest BCUT2D eigenvalue weighted by Gasteiger charge is 2.32. The number of rotatable bonds is 2. The van der Waals surface area contributed by atoms with Crippen molar-refractivity contribution in [1.29, 1.82) is 0 Å². The third-order valence-corrected chi connectivity index (χ3v) is 3.81. The molecule has 3 N–H and O–H groups in total. The molecule has 1 saturated heterocycles. The Morgan fingerprint density at radius 3 is 2.61 bits per heavy atom. The fraction of sp³-hybridized carbons (Fsp3) is 0.500. The number of hydrogen-bond acceptors (Lipinski definition) is 3. The first kappa shape index (κ1) is 12.7. The number of nitrogens with two attached hydrogens (primary N) is 1. The first-order chi connectivity index (χ1) is 8.33. The minimum atomic E-state index is -0.963. The van der Waals surface area contributed by atoms with Crippen molar-refractivity contribution in [1.82, 2.24) is 0 Å². The summed E-state index contributed by atoms with van der Waals surface area (Å²) in [6, 6.07) is 3.67. The molecule has 0 aromatic heterocycles. The number of hydrogen-bond donors (Lipinski definition) is 2. The fourth-order valence-corrected chi connectivity index (χ4v) is 2.70. The molecule has 0 bridgehead atoms. The number of anilines is 2. The van der Waals surface area contributed by atoms with Gasteiger partial charge in [-0.05, 0) is 51.3 Å². The molecule has 0 amide bonds. The molecule has 0 unspecified atom stereocenters. The summed E-state index contributed by atoms with van der Waals surface area (Å²) in [6.07, 6.45) is 2.26. The number of carboxylic acids is 1. The van der Waals surface area contributed by atoms with Gasteiger partial charge in [-0.2, -0.15) is 0 Å². The molecule has 1 aliphatic heterocycles. The highest BCUT2D eigenvalue weighted by molar-refractivity contribution is 5.95. The van der Waals surface area contributed by atoms with Crippen LogP contribution in [-0.4, -0.2) is 23.2 Å². The maximum Gasteiger partial charge on any atom is 0.337 e. The van der Waals surface area contributed by atoms with Crippen LogP contribution < -0.4 is 10.6 Å². The summed E-state index contributed by atoms with van der Waals surface area (Å²) in [6.45, 7) is 7.20. The van der Waals surface area contributed by atoms with E-state index in [1.807, 2.05) is 13.0 Å². The number of carboxylic acid groups (broad SMARTS) is 1. The van der Waals surface area contributed by atoms with Gasteiger partial charge in [0.15, 0.2) is 0 Å². The molecule has 18 heavy (non-hydrogen) atoms. The molecule has 1 aliphatic rings. The molecule has 1 fully saturated rings. The van der Waals surface area contributed by atoms with Crippen LogP contribution in [0.2, 0.25) is 0 Å². The SMILES string of the molecule is Cc1cc(N2CCCC2(C)C)cc(C(=O)O)c1N. The Balaban J connectivity index is 2.49. The topological polar surface area (TPSA) is 66.6 Å². The van der Waals surface area contributed by atoms with Gasteiger partial charge in [-0.1, -0.05) is 0 Å². The summed E-state index contributed by atoms with van der Waals surface area (Å²) in [7, 11) is 0. The van der Waals surface area contributed by atoms with Crippen LogP contribution in [0.25, 0.3) is 0 Å². The van der Waals surface area contributed by atoms with Crippen LogP contribution in [0.1, 0.15) is 42.6 Å². The van der Waals surface area contributed by atoms with E-state index in [4.69, 9.17) is 5.73 Å². The van der Waals surface area contributed by atoms with Crippen LogP contribution in [0.3, 0.4) is 0 Å². The molecule has 1 aromatic carbocycles. The molecule has 1 heterocycles. The Morgan fingerprint density at radius 1 is 1.44 bits per heavy atom. The van der Waals surface area contributed by atoms with Gasteiger partial charge in [0.25, 0.3) is 0 Å². The van der Waals surface area contributed by atoms with Crippen LogP contribution in [0.5, 0.6) is 0 Å². The van der Waals surface area contributed by atoms with Gasteiger partial charge in [-0.15, -0.1) is 0 Å². The first-order valence-corrected chi connectivity index (χ1v) is 6.24. The average molecular weight is 248 g/mol. The van der Waals surface area contributed by atoms with E-state index in [2.05, 4.69) is 18.7 Å². The summed E-state index contributed by atoms with van der Waals surface area (Å²) < 4.78 is 0. The lowest BCUT2D eigenvalue weighted by Gasteiger charge is -2.34. The van der Waals surface area contributed by atoms with Gasteiger partial charge in [-0.3, -0.25) is 0 Å². The van der Waals surface area contributed by atoms with Crippen LogP contribution in [-0.2, 0) is 0 Å². The summed E-state index contributed by atoms with van der Waals surface area (Å²) in [5, 5.41) is 9.19. The van der Waals surface area contributed by atoms with E-state index in [0.717, 1.165) is 30.6 Å². The predicted molar refractivity (Wildman–Crippen MR) is 73.2 cm³/mol. The largest absolute Gasteiger partial charge is 0.478 e. The molecule has 4 heteroatoms. The molecule has 98 valence electrons. The standard InChI is InChI=1S/C14H20N2O2/c1-9-7-10(8-11(12(9)15)13(17)18)16-6-4-5-14(16,2)3/h7-8H,4-6,15H2,1-3H3,(H,17,18). The fourth-order valence-electron chi connectivity index (χ4n) is 2.70. The smallest absolute Gasteiger partial charge is 0.337 e. The third kappa shape index (κ3) is 2.03. The van der Waals surface area contributed by atoms with E-state index in [9.17, 15) is 9.90 Å². The predicted octanol–water partition coefficient (Wildman–Crippen LogP) is 2.65. The monoisotopic (exact) mass is 248 g/mol. The van der Waals surface area contributed by atoms with Gasteiger partial charge in [0.1, 0.15) is 0 Å². The molecule has 0 spiro atoms. The third-order valence-electron chi connectivity index (χ3n) is 3.81. The van der Waals surface area contributed by atoms with Crippen molar-refractivity contribution in [3.8, 4) is 0 Å². The number of nitrogens with zero attached hydrogens (tertiary/aromatic N) is 1. The van der Waals surface area contributed by atoms with Crippen molar-refractivity contribution in [3.05, 3.63) is 23.3 Å². The highest BCUT2D eigenvalue weighted by atomic mass is 16.4. The van der Waals surface area contributed by atoms with Gasteiger partial charge in [0, 0.05) is 23.5 Å². The Labute approximate surface area is 107 Å². The van der Waals surface area contributed by atoms with Gasteiger partial charge in [0.05, 0.1) is 5.56 Å². The zero-order valence-corrected chi connectivity index (χ0v) is 11.2. The van der Waals surface area contributed by atoms with Gasteiger partial charge in [0.2, 0.25) is 0 Å². The number of aryl methyl sites for hydroxylation is 1. The van der Waals surface area contributed by atoms with Gasteiger partial charge >= 0.3 is 5.97 Å². The minimum absolute atomic E-state index is 0.0817. The summed E-state index contributed by atoms with van der Waals surface area (Å²) in [4.78, 5) is 13.5. The molecule has 0 atom stereocenters. The van der Waals surface area contributed by atoms with Crippen LogP contribution in [0, 0.1) is 6.92 Å². The lowest BCUT2D eigenvalue weighted by molar-refractivity contribution is 0.0698. The number of aromatic carboxylic acids is 1. The van der Waals surface area contributed by atoms with Crippen molar-refractivity contribution in [3.63, 3.8) is 0 Å². The zero-order chi connectivity index (χ0) is 13.5. The van der Waals surface area contributed by atoms with Gasteiger partial charge in [-0.25, -0.2) is 4.79 Å². The van der Waals surface area contributed by atoms with E-state index in [0.29, 0.717) is 5.69 Å². The van der Waals surface area contributed by atoms with Crippen molar-refractivity contribution < 1.29 is 9.90 Å². The van der Waals surface area contributed by atoms with Crippen molar-refractivity contribution >= 4 is 17.3 Å². The van der Waals surface area contributed by atoms with Crippen LogP contribution in [0.15, 0.2) is 12.1 Å². The average Bonchev–Trinajstić information content (AvgIpc) is 2.61. The Bertz CT molecular complexity index is 495. The molecule has 1 aromatic rings. The lowest BCUT2D eigenvalue weighted by atomic mass is 10.00. The summed E-state index contributed by atoms with van der Waals surface area (Å²) in [5.74, 6) is -0.963. The molecular formula is C14H20N2O2. The van der Waals surface area contributed by atoms with E-state index < -0.39 is 5.97 Å². The number of carbonyl (C=O) groups is 1. The van der Waals surface area contributed by atoms with Crippen molar-refractivity contribution in [2.45, 2.75) is 39.2 Å². The number of nitrogen functional groups attached to an aromatic ring is 1. The molecule has 0 radical (unpaired) electrons. The van der Waals surface area contributed by atoms with Crippen LogP contribution >= 0.6 is 0 Å². The van der Waals surface area contributed by atoms with Crippen molar-refractivity contribution in [2.75, 3.05) is 17.2 Å². The van der Waals surface area contributed by atoms with Crippen LogP contribution in [0.4, 0.5) is 11.4 Å². The first-order valence-electron chi connectivity index (χ1n) is 6.24. The van der Waals surface area contributed by atoms with E-state index in [1.165, 1.54) is 0 Å². The summed E-state index contributed by atoms with van der Waals surface area (Å²) >= 11 is 0. The van der Waals surface area contributed by atoms with Crippen molar-refractivity contribution in [2.24, 2.45) is 0 Å². The Hall–Kier alpha value is -1.71. The quantitative estimate of drug-likeness (QED) is 0.790. The Kier molecular flexibility index (Phi) is 2.97. The molecule has 0 saturated carbocycles. The number of benzene rings is 1. The molecular weight excluding hydrogens is 228 g/mol. The maximum absolute atomic E-state index is 11.2. The second kappa shape index (κ2) is 4.19. The van der Waals surface area contributed by atoms with E-state index >= 15 is 0 Å². The highest BCUT2D eigenvalue weighted by Crippen LogP contribution is 2.35. The Morgan fingerprint density at radius 2 is 2.11 bits per heavy atom. The molecule has 2 rings (SSSR count). The van der Waals surface area contributed by atoms with Gasteiger partial charge < -0.3 is 15.7 Å². The molecule has 0 aliphatic carbocycles. The second-order valence-corrected chi connectivity index (χ2v) is 5.60.